The molecule has 0 aliphatic rings. The first-order chi connectivity index (χ1) is 6.49. The van der Waals surface area contributed by atoms with E-state index >= 15 is 0 Å². The van der Waals surface area contributed by atoms with Gasteiger partial charge in [0.15, 0.2) is 0 Å². The molecule has 0 aliphatic heterocycles. The van der Waals surface area contributed by atoms with Crippen molar-refractivity contribution in [1.82, 2.24) is 4.90 Å². The van der Waals surface area contributed by atoms with E-state index in [-0.39, 0.29) is 6.42 Å². The normalized spacial score (nSPS) is 13.6. The van der Waals surface area contributed by atoms with Crippen LogP contribution >= 0.6 is 0 Å². The molecule has 0 bridgehead atoms. The number of carbonyl (C=O) groups is 1. The zero-order chi connectivity index (χ0) is 11.1. The van der Waals surface area contributed by atoms with Gasteiger partial charge in [-0.2, -0.15) is 0 Å². The molecular formula is C11H23NO2. The maximum Gasteiger partial charge on any atom is 0.303 e. The van der Waals surface area contributed by atoms with Crippen LogP contribution in [0.4, 0.5) is 0 Å². The van der Waals surface area contributed by atoms with Crippen molar-refractivity contribution in [3.05, 3.63) is 0 Å². The number of aliphatic carboxylic acids is 1. The number of carboxylic acids is 1. The number of carboxylic acid groups (broad SMARTS) is 1. The molecule has 0 radical (unpaired) electrons. The van der Waals surface area contributed by atoms with Gasteiger partial charge < -0.3 is 10.0 Å². The number of rotatable bonds is 7. The van der Waals surface area contributed by atoms with Crippen molar-refractivity contribution in [3.8, 4) is 0 Å². The average Bonchev–Trinajstić information content (AvgIpc) is 2.03. The van der Waals surface area contributed by atoms with Crippen LogP contribution in [0.15, 0.2) is 0 Å². The number of nitrogens with zero attached hydrogens (tertiary/aromatic N) is 1. The minimum Gasteiger partial charge on any atom is -0.481 e. The third-order valence-corrected chi connectivity index (χ3v) is 2.66. The first-order valence-corrected chi connectivity index (χ1v) is 5.41. The Morgan fingerprint density at radius 3 is 2.36 bits per heavy atom. The molecule has 1 N–H and O–H groups in total. The lowest BCUT2D eigenvalue weighted by molar-refractivity contribution is -0.137. The van der Waals surface area contributed by atoms with Crippen molar-refractivity contribution in [2.24, 2.45) is 5.92 Å². The van der Waals surface area contributed by atoms with Gasteiger partial charge in [0.2, 0.25) is 0 Å². The summed E-state index contributed by atoms with van der Waals surface area (Å²) in [5.74, 6) is -0.0641. The van der Waals surface area contributed by atoms with Crippen LogP contribution in [-0.2, 0) is 4.79 Å². The van der Waals surface area contributed by atoms with Gasteiger partial charge >= 0.3 is 5.97 Å². The van der Waals surface area contributed by atoms with Crippen molar-refractivity contribution in [3.63, 3.8) is 0 Å². The molecule has 84 valence electrons. The standard InChI is InChI=1S/C11H23NO2/c1-5-10(9(2)3)12(4)8-6-7-11(13)14/h9-10H,5-8H2,1-4H3,(H,13,14). The van der Waals surface area contributed by atoms with E-state index < -0.39 is 5.97 Å². The van der Waals surface area contributed by atoms with E-state index in [2.05, 4.69) is 32.7 Å². The largest absolute Gasteiger partial charge is 0.481 e. The van der Waals surface area contributed by atoms with Crippen molar-refractivity contribution in [1.29, 1.82) is 0 Å². The van der Waals surface area contributed by atoms with Crippen LogP contribution in [0, 0.1) is 5.92 Å². The molecule has 0 aliphatic carbocycles. The zero-order valence-electron chi connectivity index (χ0n) is 9.79. The van der Waals surface area contributed by atoms with Gasteiger partial charge in [0.1, 0.15) is 0 Å². The van der Waals surface area contributed by atoms with E-state index in [0.717, 1.165) is 19.4 Å². The lowest BCUT2D eigenvalue weighted by Crippen LogP contribution is -2.36. The van der Waals surface area contributed by atoms with E-state index in [1.54, 1.807) is 0 Å². The molecule has 3 heteroatoms. The third kappa shape index (κ3) is 5.22. The van der Waals surface area contributed by atoms with E-state index in [4.69, 9.17) is 5.11 Å². The summed E-state index contributed by atoms with van der Waals surface area (Å²) in [4.78, 5) is 12.6. The molecule has 0 rings (SSSR count). The van der Waals surface area contributed by atoms with Gasteiger partial charge in [0, 0.05) is 12.5 Å². The summed E-state index contributed by atoms with van der Waals surface area (Å²) in [5, 5.41) is 8.51. The molecule has 1 atom stereocenters. The van der Waals surface area contributed by atoms with Gasteiger partial charge in [-0.15, -0.1) is 0 Å². The number of hydrogen-bond acceptors (Lipinski definition) is 2. The lowest BCUT2D eigenvalue weighted by atomic mass is 10.0. The summed E-state index contributed by atoms with van der Waals surface area (Å²) in [6, 6.07) is 0.573. The van der Waals surface area contributed by atoms with Gasteiger partial charge in [-0.25, -0.2) is 0 Å². The van der Waals surface area contributed by atoms with Gasteiger partial charge in [-0.1, -0.05) is 20.8 Å². The van der Waals surface area contributed by atoms with Crippen LogP contribution in [0.25, 0.3) is 0 Å². The molecule has 0 spiro atoms. The summed E-state index contributed by atoms with van der Waals surface area (Å²) in [5.41, 5.74) is 0. The second kappa shape index (κ2) is 6.82. The fourth-order valence-corrected chi connectivity index (χ4v) is 1.94. The number of hydrogen-bond donors (Lipinski definition) is 1. The lowest BCUT2D eigenvalue weighted by Gasteiger charge is -2.30. The molecule has 0 aromatic heterocycles. The fraction of sp³-hybridized carbons (Fsp3) is 0.909. The summed E-state index contributed by atoms with van der Waals surface area (Å²) in [7, 11) is 2.08. The van der Waals surface area contributed by atoms with Crippen molar-refractivity contribution in [2.75, 3.05) is 13.6 Å². The summed E-state index contributed by atoms with van der Waals surface area (Å²) in [6.07, 6.45) is 2.15. The van der Waals surface area contributed by atoms with Crippen molar-refractivity contribution >= 4 is 5.97 Å². The smallest absolute Gasteiger partial charge is 0.303 e. The molecule has 1 unspecified atom stereocenters. The Balaban J connectivity index is 3.80. The van der Waals surface area contributed by atoms with Crippen LogP contribution in [0.5, 0.6) is 0 Å². The first kappa shape index (κ1) is 13.4. The summed E-state index contributed by atoms with van der Waals surface area (Å²) in [6.45, 7) is 7.48. The maximum atomic E-state index is 10.3. The molecule has 0 heterocycles. The Bertz CT molecular complexity index is 169. The minimum absolute atomic E-state index is 0.277. The van der Waals surface area contributed by atoms with Gasteiger partial charge in [-0.3, -0.25) is 4.79 Å². The highest BCUT2D eigenvalue weighted by Gasteiger charge is 2.15. The topological polar surface area (TPSA) is 40.5 Å². The molecule has 3 nitrogen and oxygen atoms in total. The van der Waals surface area contributed by atoms with Crippen LogP contribution in [0.2, 0.25) is 0 Å². The summed E-state index contributed by atoms with van der Waals surface area (Å²) < 4.78 is 0. The Labute approximate surface area is 87.1 Å². The molecule has 0 aromatic carbocycles. The predicted octanol–water partition coefficient (Wildman–Crippen LogP) is 2.22. The predicted molar refractivity (Wildman–Crippen MR) is 58.4 cm³/mol. The van der Waals surface area contributed by atoms with Gasteiger partial charge in [0.25, 0.3) is 0 Å². The quantitative estimate of drug-likeness (QED) is 0.686. The molecular weight excluding hydrogens is 178 g/mol. The van der Waals surface area contributed by atoms with Crippen LogP contribution in [0.3, 0.4) is 0 Å². The van der Waals surface area contributed by atoms with Gasteiger partial charge in [0.05, 0.1) is 0 Å². The average molecular weight is 201 g/mol. The Kier molecular flexibility index (Phi) is 6.54. The van der Waals surface area contributed by atoms with E-state index in [0.29, 0.717) is 12.0 Å². The molecule has 0 fully saturated rings. The Morgan fingerprint density at radius 1 is 1.43 bits per heavy atom. The second-order valence-corrected chi connectivity index (χ2v) is 4.20. The monoisotopic (exact) mass is 201 g/mol. The Hall–Kier alpha value is -0.570. The highest BCUT2D eigenvalue weighted by atomic mass is 16.4. The first-order valence-electron chi connectivity index (χ1n) is 5.41. The SMILES string of the molecule is CCC(C(C)C)N(C)CCCC(=O)O. The van der Waals surface area contributed by atoms with Crippen LogP contribution in [0.1, 0.15) is 40.0 Å². The van der Waals surface area contributed by atoms with E-state index in [1.807, 2.05) is 0 Å². The zero-order valence-corrected chi connectivity index (χ0v) is 9.79. The minimum atomic E-state index is -0.698. The molecule has 0 saturated carbocycles. The molecule has 0 amide bonds. The highest BCUT2D eigenvalue weighted by molar-refractivity contribution is 5.66. The molecule has 14 heavy (non-hydrogen) atoms. The molecule has 0 aromatic rings. The van der Waals surface area contributed by atoms with Crippen molar-refractivity contribution < 1.29 is 9.90 Å². The van der Waals surface area contributed by atoms with Crippen LogP contribution < -0.4 is 0 Å². The third-order valence-electron chi connectivity index (χ3n) is 2.66. The Morgan fingerprint density at radius 2 is 2.00 bits per heavy atom. The molecule has 0 saturated heterocycles. The second-order valence-electron chi connectivity index (χ2n) is 4.20. The maximum absolute atomic E-state index is 10.3. The van der Waals surface area contributed by atoms with Gasteiger partial charge in [-0.05, 0) is 32.4 Å². The fourth-order valence-electron chi connectivity index (χ4n) is 1.94. The van der Waals surface area contributed by atoms with E-state index in [1.165, 1.54) is 0 Å². The highest BCUT2D eigenvalue weighted by Crippen LogP contribution is 2.13. The summed E-state index contributed by atoms with van der Waals surface area (Å²) >= 11 is 0. The van der Waals surface area contributed by atoms with Crippen LogP contribution in [-0.4, -0.2) is 35.6 Å². The van der Waals surface area contributed by atoms with E-state index in [9.17, 15) is 4.79 Å². The van der Waals surface area contributed by atoms with Crippen molar-refractivity contribution in [2.45, 2.75) is 46.1 Å².